The molecule has 0 amide bonds. The number of piperidine rings is 2. The van der Waals surface area contributed by atoms with Gasteiger partial charge in [0.25, 0.3) is 0 Å². The summed E-state index contributed by atoms with van der Waals surface area (Å²) in [6.07, 6.45) is 7.62. The summed E-state index contributed by atoms with van der Waals surface area (Å²) in [6, 6.07) is 0.798. The molecule has 3 N–H and O–H groups in total. The quantitative estimate of drug-likeness (QED) is 0.549. The van der Waals surface area contributed by atoms with E-state index in [1.165, 1.54) is 45.2 Å². The summed E-state index contributed by atoms with van der Waals surface area (Å²) >= 11 is 0. The molecule has 0 bridgehead atoms. The van der Waals surface area contributed by atoms with Crippen LogP contribution in [0.2, 0.25) is 0 Å². The van der Waals surface area contributed by atoms with Crippen molar-refractivity contribution in [3.63, 3.8) is 0 Å². The molecule has 0 unspecified atom stereocenters. The monoisotopic (exact) mass is 431 g/mol. The van der Waals surface area contributed by atoms with Crippen LogP contribution in [0.15, 0.2) is 0 Å². The second-order valence-electron chi connectivity index (χ2n) is 13.2. The average molecular weight is 432 g/mol. The largest absolute Gasteiger partial charge is 0.393 e. The molecule has 4 heteroatoms. The van der Waals surface area contributed by atoms with Crippen molar-refractivity contribution in [2.45, 2.75) is 96.5 Å². The van der Waals surface area contributed by atoms with E-state index in [-0.39, 0.29) is 23.4 Å². The Morgan fingerprint density at radius 2 is 1.52 bits per heavy atom. The van der Waals surface area contributed by atoms with Crippen LogP contribution in [0.4, 0.5) is 0 Å². The third-order valence-electron chi connectivity index (χ3n) is 12.1. The van der Waals surface area contributed by atoms with Crippen molar-refractivity contribution < 1.29 is 15.3 Å². The molecule has 176 valence electrons. The molecule has 2 heterocycles. The molecule has 4 saturated carbocycles. The molecule has 0 radical (unpaired) electrons. The lowest BCUT2D eigenvalue weighted by Crippen LogP contribution is -2.60. The zero-order valence-corrected chi connectivity index (χ0v) is 19.9. The molecule has 4 aliphatic carbocycles. The Balaban J connectivity index is 1.30. The number of hydrogen-bond donors (Lipinski definition) is 3. The van der Waals surface area contributed by atoms with E-state index in [1.807, 2.05) is 0 Å². The van der Waals surface area contributed by atoms with Crippen LogP contribution in [0.25, 0.3) is 0 Å². The van der Waals surface area contributed by atoms with Gasteiger partial charge in [-0.05, 0) is 110 Å². The summed E-state index contributed by atoms with van der Waals surface area (Å²) in [4.78, 5) is 2.86. The van der Waals surface area contributed by atoms with E-state index in [9.17, 15) is 15.3 Å². The molecule has 14 atom stereocenters. The van der Waals surface area contributed by atoms with Gasteiger partial charge >= 0.3 is 0 Å². The fourth-order valence-corrected chi connectivity index (χ4v) is 10.6. The minimum absolute atomic E-state index is 0.0565. The Bertz CT molecular complexity index is 698. The van der Waals surface area contributed by atoms with E-state index in [0.29, 0.717) is 18.3 Å². The van der Waals surface area contributed by atoms with E-state index >= 15 is 0 Å². The van der Waals surface area contributed by atoms with Crippen LogP contribution in [-0.2, 0) is 0 Å². The van der Waals surface area contributed by atoms with Crippen LogP contribution in [0.1, 0.15) is 72.1 Å². The first-order valence-corrected chi connectivity index (χ1v) is 13.6. The molecule has 4 nitrogen and oxygen atoms in total. The highest BCUT2D eigenvalue weighted by molar-refractivity contribution is 5.14. The predicted molar refractivity (Wildman–Crippen MR) is 121 cm³/mol. The van der Waals surface area contributed by atoms with Gasteiger partial charge in [0.1, 0.15) is 0 Å². The van der Waals surface area contributed by atoms with Crippen molar-refractivity contribution in [3.05, 3.63) is 0 Å². The van der Waals surface area contributed by atoms with Gasteiger partial charge in [-0.3, -0.25) is 4.90 Å². The standard InChI is InChI=1S/C27H45NO3/c1-14-4-7-23-15(2)17-5-6-18-19(20(17)13-28(23)12-14)11-21-24(18)26(31)25(30)22-10-16(29)8-9-27(21,22)3/h14-26,29-31H,4-13H2,1-3H3/t14-,15-,16-,17-,18-,19-,20-,21+,22-,23+,24+,25+,26+,27-/m1/s1. The molecular weight excluding hydrogens is 386 g/mol. The zero-order chi connectivity index (χ0) is 21.7. The highest BCUT2D eigenvalue weighted by Gasteiger charge is 2.65. The van der Waals surface area contributed by atoms with Gasteiger partial charge < -0.3 is 15.3 Å². The van der Waals surface area contributed by atoms with E-state index in [2.05, 4.69) is 25.7 Å². The topological polar surface area (TPSA) is 63.9 Å². The molecule has 2 saturated heterocycles. The smallest absolute Gasteiger partial charge is 0.0836 e. The fraction of sp³-hybridized carbons (Fsp3) is 1.00. The van der Waals surface area contributed by atoms with Gasteiger partial charge in [-0.25, -0.2) is 0 Å². The highest BCUT2D eigenvalue weighted by atomic mass is 16.3. The van der Waals surface area contributed by atoms with Crippen molar-refractivity contribution in [2.24, 2.45) is 58.7 Å². The van der Waals surface area contributed by atoms with Gasteiger partial charge in [0, 0.05) is 19.1 Å². The van der Waals surface area contributed by atoms with Crippen LogP contribution in [0.3, 0.4) is 0 Å². The molecule has 6 aliphatic rings. The first-order chi connectivity index (χ1) is 14.8. The first kappa shape index (κ1) is 21.4. The van der Waals surface area contributed by atoms with Crippen LogP contribution < -0.4 is 0 Å². The summed E-state index contributed by atoms with van der Waals surface area (Å²) in [5.74, 6) is 5.42. The number of nitrogens with zero attached hydrogens (tertiary/aromatic N) is 1. The minimum atomic E-state index is -0.657. The summed E-state index contributed by atoms with van der Waals surface area (Å²) in [5, 5.41) is 32.9. The number of aliphatic hydroxyl groups is 3. The number of fused-ring (bicyclic) bond motifs is 8. The van der Waals surface area contributed by atoms with Crippen molar-refractivity contribution in [1.29, 1.82) is 0 Å². The van der Waals surface area contributed by atoms with E-state index in [0.717, 1.165) is 48.5 Å². The van der Waals surface area contributed by atoms with Crippen LogP contribution >= 0.6 is 0 Å². The predicted octanol–water partition coefficient (Wildman–Crippen LogP) is 3.53. The normalized spacial score (nSPS) is 61.5. The van der Waals surface area contributed by atoms with Crippen LogP contribution in [0, 0.1) is 58.7 Å². The van der Waals surface area contributed by atoms with Gasteiger partial charge in [-0.2, -0.15) is 0 Å². The van der Waals surface area contributed by atoms with Crippen molar-refractivity contribution >= 4 is 0 Å². The van der Waals surface area contributed by atoms with Crippen LogP contribution in [-0.4, -0.2) is 57.7 Å². The molecule has 0 aromatic rings. The Hall–Kier alpha value is -0.160. The minimum Gasteiger partial charge on any atom is -0.393 e. The van der Waals surface area contributed by atoms with Gasteiger partial charge in [-0.15, -0.1) is 0 Å². The number of hydrogen-bond acceptors (Lipinski definition) is 4. The second-order valence-corrected chi connectivity index (χ2v) is 13.2. The lowest BCUT2D eigenvalue weighted by molar-refractivity contribution is -0.187. The molecule has 0 aromatic heterocycles. The van der Waals surface area contributed by atoms with Crippen molar-refractivity contribution in [3.8, 4) is 0 Å². The maximum atomic E-state index is 11.4. The third-order valence-corrected chi connectivity index (χ3v) is 12.1. The maximum Gasteiger partial charge on any atom is 0.0836 e. The van der Waals surface area contributed by atoms with E-state index in [4.69, 9.17) is 0 Å². The molecular formula is C27H45NO3. The number of rotatable bonds is 0. The first-order valence-electron chi connectivity index (χ1n) is 13.6. The molecule has 31 heavy (non-hydrogen) atoms. The summed E-state index contributed by atoms with van der Waals surface area (Å²) in [6.45, 7) is 9.93. The Kier molecular flexibility index (Phi) is 5.12. The van der Waals surface area contributed by atoms with Gasteiger partial charge in [0.15, 0.2) is 0 Å². The molecule has 0 spiro atoms. The van der Waals surface area contributed by atoms with Crippen LogP contribution in [0.5, 0.6) is 0 Å². The lowest BCUT2D eigenvalue weighted by atomic mass is 9.50. The van der Waals surface area contributed by atoms with Gasteiger partial charge in [0.05, 0.1) is 18.3 Å². The molecule has 0 aromatic carbocycles. The maximum absolute atomic E-state index is 11.4. The summed E-state index contributed by atoms with van der Waals surface area (Å²) in [5.41, 5.74) is 0.0812. The zero-order valence-electron chi connectivity index (χ0n) is 19.9. The average Bonchev–Trinajstić information content (AvgIpc) is 3.15. The Labute approximate surface area is 188 Å². The summed E-state index contributed by atoms with van der Waals surface area (Å²) < 4.78 is 0. The van der Waals surface area contributed by atoms with Crippen molar-refractivity contribution in [2.75, 3.05) is 13.1 Å². The highest BCUT2D eigenvalue weighted by Crippen LogP contribution is 2.67. The van der Waals surface area contributed by atoms with Gasteiger partial charge in [-0.1, -0.05) is 20.8 Å². The third kappa shape index (κ3) is 3.00. The Morgan fingerprint density at radius 1 is 0.742 bits per heavy atom. The van der Waals surface area contributed by atoms with E-state index < -0.39 is 12.2 Å². The fourth-order valence-electron chi connectivity index (χ4n) is 10.6. The second kappa shape index (κ2) is 7.42. The lowest BCUT2D eigenvalue weighted by Gasteiger charge is -2.57. The molecule has 2 aliphatic heterocycles. The Morgan fingerprint density at radius 3 is 2.32 bits per heavy atom. The van der Waals surface area contributed by atoms with Crippen molar-refractivity contribution in [1.82, 2.24) is 4.90 Å². The van der Waals surface area contributed by atoms with E-state index in [1.54, 1.807) is 0 Å². The number of aliphatic hydroxyl groups excluding tert-OH is 3. The SMILES string of the molecule is C[C@@H]1CC[C@H]2[C@H](C)[C@H]3CC[C@@H]4[C@@H](C[C@H]5[C@H]4[C@H](O)[C@@H](O)[C@H]4C[C@H](O)CC[C@@]45C)[C@@H]3CN2C1. The summed E-state index contributed by atoms with van der Waals surface area (Å²) in [7, 11) is 0. The molecule has 6 fully saturated rings. The van der Waals surface area contributed by atoms with Gasteiger partial charge in [0.2, 0.25) is 0 Å². The molecule has 6 rings (SSSR count).